The second kappa shape index (κ2) is 4.51. The summed E-state index contributed by atoms with van der Waals surface area (Å²) in [6.07, 6.45) is 0. The van der Waals surface area contributed by atoms with Crippen molar-refractivity contribution in [1.29, 1.82) is 0 Å². The molecule has 0 aromatic heterocycles. The Kier molecular flexibility index (Phi) is 4.87. The van der Waals surface area contributed by atoms with Gasteiger partial charge in [-0.1, -0.05) is 13.8 Å². The molecule has 0 saturated heterocycles. The van der Waals surface area contributed by atoms with Gasteiger partial charge in [0.2, 0.25) is 7.65 Å². The Labute approximate surface area is 56.1 Å². The highest BCUT2D eigenvalue weighted by Gasteiger charge is 2.06. The quantitative estimate of drug-likeness (QED) is 0.628. The van der Waals surface area contributed by atoms with Crippen LogP contribution in [-0.4, -0.2) is 22.7 Å². The molecule has 0 aromatic rings. The van der Waals surface area contributed by atoms with Gasteiger partial charge in [-0.15, -0.1) is 0 Å². The largest absolute Gasteiger partial charge is 0.347 e. The second-order valence-electron chi connectivity index (χ2n) is 1.38. The number of hydrogen-bond donors (Lipinski definition) is 1. The minimum Gasteiger partial charge on any atom is -0.347 e. The summed E-state index contributed by atoms with van der Waals surface area (Å²) in [6, 6.07) is 0. The summed E-state index contributed by atoms with van der Waals surface area (Å²) in [7, 11) is -1.36. The van der Waals surface area contributed by atoms with Gasteiger partial charge in [-0.05, 0) is 11.2 Å². The maximum absolute atomic E-state index is 8.77. The van der Waals surface area contributed by atoms with Gasteiger partial charge in [0.1, 0.15) is 0 Å². The monoisotopic (exact) mass is 155 g/mol. The lowest BCUT2D eigenvalue weighted by molar-refractivity contribution is 0.455. The predicted molar refractivity (Wildman–Crippen MR) is 37.9 cm³/mol. The van der Waals surface area contributed by atoms with Crippen LogP contribution >= 0.6 is 18.9 Å². The Morgan fingerprint density at radius 1 is 1.50 bits per heavy atom. The second-order valence-corrected chi connectivity index (χ2v) is 3.33. The Bertz CT molecular complexity index is 58.0. The SMILES string of the molecule is CCN(CC)P(O)Cl. The first kappa shape index (κ1) is 8.64. The van der Waals surface area contributed by atoms with Crippen LogP contribution in [0.1, 0.15) is 13.8 Å². The maximum atomic E-state index is 8.77. The van der Waals surface area contributed by atoms with Gasteiger partial charge in [0.15, 0.2) is 0 Å². The van der Waals surface area contributed by atoms with Crippen molar-refractivity contribution in [3.63, 3.8) is 0 Å². The average Bonchev–Trinajstić information content (AvgIpc) is 1.69. The average molecular weight is 156 g/mol. The van der Waals surface area contributed by atoms with E-state index in [2.05, 4.69) is 0 Å². The van der Waals surface area contributed by atoms with Crippen LogP contribution in [0.3, 0.4) is 0 Å². The molecule has 4 heteroatoms. The molecule has 1 unspecified atom stereocenters. The molecule has 2 nitrogen and oxygen atoms in total. The summed E-state index contributed by atoms with van der Waals surface area (Å²) < 4.78 is 1.80. The van der Waals surface area contributed by atoms with Crippen molar-refractivity contribution in [2.24, 2.45) is 0 Å². The molecule has 0 aliphatic carbocycles. The van der Waals surface area contributed by atoms with Crippen LogP contribution in [-0.2, 0) is 0 Å². The number of nitrogens with zero attached hydrogens (tertiary/aromatic N) is 1. The van der Waals surface area contributed by atoms with E-state index in [1.54, 1.807) is 4.67 Å². The summed E-state index contributed by atoms with van der Waals surface area (Å²) >= 11 is 5.39. The van der Waals surface area contributed by atoms with Crippen molar-refractivity contribution < 1.29 is 4.89 Å². The van der Waals surface area contributed by atoms with Gasteiger partial charge in [0, 0.05) is 13.1 Å². The summed E-state index contributed by atoms with van der Waals surface area (Å²) in [6.45, 7) is 5.58. The van der Waals surface area contributed by atoms with Crippen LogP contribution in [0.5, 0.6) is 0 Å². The maximum Gasteiger partial charge on any atom is 0.203 e. The molecular formula is C4H11ClNOP. The van der Waals surface area contributed by atoms with Crippen LogP contribution in [0.4, 0.5) is 0 Å². The molecule has 1 atom stereocenters. The molecule has 0 amide bonds. The Morgan fingerprint density at radius 3 is 1.88 bits per heavy atom. The van der Waals surface area contributed by atoms with Gasteiger partial charge >= 0.3 is 0 Å². The van der Waals surface area contributed by atoms with E-state index < -0.39 is 7.65 Å². The molecule has 0 aliphatic heterocycles. The van der Waals surface area contributed by atoms with Crippen LogP contribution in [0, 0.1) is 0 Å². The van der Waals surface area contributed by atoms with Crippen LogP contribution in [0.2, 0.25) is 0 Å². The van der Waals surface area contributed by atoms with E-state index >= 15 is 0 Å². The van der Waals surface area contributed by atoms with Crippen molar-refractivity contribution in [1.82, 2.24) is 4.67 Å². The van der Waals surface area contributed by atoms with Crippen LogP contribution < -0.4 is 0 Å². The lowest BCUT2D eigenvalue weighted by atomic mass is 10.7. The molecule has 8 heavy (non-hydrogen) atoms. The number of hydrogen-bond acceptors (Lipinski definition) is 2. The third-order valence-corrected chi connectivity index (χ3v) is 2.64. The van der Waals surface area contributed by atoms with E-state index in [9.17, 15) is 0 Å². The van der Waals surface area contributed by atoms with Crippen molar-refractivity contribution in [2.45, 2.75) is 13.8 Å². The van der Waals surface area contributed by atoms with E-state index in [1.807, 2.05) is 13.8 Å². The van der Waals surface area contributed by atoms with Crippen molar-refractivity contribution in [3.05, 3.63) is 0 Å². The minimum absolute atomic E-state index is 0.822. The van der Waals surface area contributed by atoms with E-state index in [-0.39, 0.29) is 0 Å². The smallest absolute Gasteiger partial charge is 0.203 e. The topological polar surface area (TPSA) is 23.5 Å². The normalized spacial score (nSPS) is 14.6. The highest BCUT2D eigenvalue weighted by molar-refractivity contribution is 7.77. The van der Waals surface area contributed by atoms with E-state index in [0.717, 1.165) is 13.1 Å². The molecule has 0 rings (SSSR count). The zero-order valence-electron chi connectivity index (χ0n) is 5.13. The Hall–Kier alpha value is 0.640. The van der Waals surface area contributed by atoms with Gasteiger partial charge in [-0.25, -0.2) is 4.67 Å². The molecule has 0 heterocycles. The molecule has 0 bridgehead atoms. The summed E-state index contributed by atoms with van der Waals surface area (Å²) in [5.41, 5.74) is 0. The third kappa shape index (κ3) is 2.83. The minimum atomic E-state index is -1.36. The third-order valence-electron chi connectivity index (χ3n) is 0.963. The number of halogens is 1. The summed E-state index contributed by atoms with van der Waals surface area (Å²) in [4.78, 5) is 8.77. The predicted octanol–water partition coefficient (Wildman–Crippen LogP) is 1.79. The van der Waals surface area contributed by atoms with Crippen molar-refractivity contribution in [2.75, 3.05) is 13.1 Å². The molecule has 0 aliphatic rings. The van der Waals surface area contributed by atoms with Crippen LogP contribution in [0.15, 0.2) is 0 Å². The first-order valence-electron chi connectivity index (χ1n) is 2.62. The zero-order valence-corrected chi connectivity index (χ0v) is 6.78. The van der Waals surface area contributed by atoms with Gasteiger partial charge < -0.3 is 4.89 Å². The molecule has 0 spiro atoms. The molecule has 0 fully saturated rings. The molecule has 0 aromatic carbocycles. The van der Waals surface area contributed by atoms with Gasteiger partial charge in [-0.3, -0.25) is 0 Å². The molecule has 1 N–H and O–H groups in total. The van der Waals surface area contributed by atoms with Gasteiger partial charge in [-0.2, -0.15) is 0 Å². The van der Waals surface area contributed by atoms with Crippen molar-refractivity contribution >= 4 is 18.9 Å². The Morgan fingerprint density at radius 2 is 1.88 bits per heavy atom. The lowest BCUT2D eigenvalue weighted by Gasteiger charge is -2.17. The highest BCUT2D eigenvalue weighted by Crippen LogP contribution is 2.39. The number of rotatable bonds is 3. The first-order valence-corrected chi connectivity index (χ1v) is 4.77. The summed E-state index contributed by atoms with van der Waals surface area (Å²) in [5.74, 6) is 0. The van der Waals surface area contributed by atoms with Crippen LogP contribution in [0.25, 0.3) is 0 Å². The Balaban J connectivity index is 3.35. The van der Waals surface area contributed by atoms with Gasteiger partial charge in [0.25, 0.3) is 0 Å². The summed E-state index contributed by atoms with van der Waals surface area (Å²) in [5, 5.41) is 0. The van der Waals surface area contributed by atoms with E-state index in [1.165, 1.54) is 0 Å². The van der Waals surface area contributed by atoms with E-state index in [0.29, 0.717) is 0 Å². The fourth-order valence-electron chi connectivity index (χ4n) is 0.457. The fourth-order valence-corrected chi connectivity index (χ4v) is 1.57. The molecular weight excluding hydrogens is 144 g/mol. The van der Waals surface area contributed by atoms with E-state index in [4.69, 9.17) is 16.1 Å². The van der Waals surface area contributed by atoms with Gasteiger partial charge in [0.05, 0.1) is 0 Å². The standard InChI is InChI=1S/C4H11ClNOP/c1-3-6(4-2)8(5)7/h7H,3-4H2,1-2H3. The highest BCUT2D eigenvalue weighted by atomic mass is 35.7. The fraction of sp³-hybridized carbons (Fsp3) is 1.00. The zero-order chi connectivity index (χ0) is 6.57. The first-order chi connectivity index (χ1) is 3.72. The molecule has 50 valence electrons. The lowest BCUT2D eigenvalue weighted by Crippen LogP contribution is -2.13. The molecule has 0 saturated carbocycles. The molecule has 0 radical (unpaired) electrons. The van der Waals surface area contributed by atoms with Crippen molar-refractivity contribution in [3.8, 4) is 0 Å².